The van der Waals surface area contributed by atoms with E-state index in [1.54, 1.807) is 29.0 Å². The van der Waals surface area contributed by atoms with Crippen LogP contribution < -0.4 is 5.32 Å². The average molecular weight is 284 g/mol. The van der Waals surface area contributed by atoms with Gasteiger partial charge in [-0.3, -0.25) is 14.3 Å². The fourth-order valence-corrected chi connectivity index (χ4v) is 2.44. The molecule has 0 fully saturated rings. The fourth-order valence-electron chi connectivity index (χ4n) is 2.44. The molecule has 0 saturated carbocycles. The van der Waals surface area contributed by atoms with Gasteiger partial charge in [-0.25, -0.2) is 0 Å². The lowest BCUT2D eigenvalue weighted by Crippen LogP contribution is -2.28. The number of aromatic nitrogens is 2. The van der Waals surface area contributed by atoms with Crippen LogP contribution in [0.4, 0.5) is 5.69 Å². The molecule has 2 amide bonds. The van der Waals surface area contributed by atoms with Gasteiger partial charge in [0.25, 0.3) is 5.91 Å². The zero-order valence-electron chi connectivity index (χ0n) is 11.7. The Morgan fingerprint density at radius 3 is 2.90 bits per heavy atom. The maximum atomic E-state index is 12.2. The standard InChI is InChI=1S/C15H16N4O2/c1-18-10-12(8-16-18)17-14(20)6-7-19-9-11-4-2-3-5-13(11)15(19)21/h2-5,8,10H,6-7,9H2,1H3,(H,17,20). The van der Waals surface area contributed by atoms with Gasteiger partial charge < -0.3 is 10.2 Å². The molecule has 6 nitrogen and oxygen atoms in total. The quantitative estimate of drug-likeness (QED) is 0.923. The number of hydrogen-bond acceptors (Lipinski definition) is 3. The van der Waals surface area contributed by atoms with Crippen LogP contribution in [0, 0.1) is 0 Å². The number of hydrogen-bond donors (Lipinski definition) is 1. The number of nitrogens with zero attached hydrogens (tertiary/aromatic N) is 3. The predicted octanol–water partition coefficient (Wildman–Crippen LogP) is 1.40. The van der Waals surface area contributed by atoms with Crippen molar-refractivity contribution in [3.8, 4) is 0 Å². The van der Waals surface area contributed by atoms with Crippen molar-refractivity contribution in [2.24, 2.45) is 7.05 Å². The van der Waals surface area contributed by atoms with E-state index in [0.717, 1.165) is 11.1 Å². The summed E-state index contributed by atoms with van der Waals surface area (Å²) < 4.78 is 1.62. The molecule has 0 unspecified atom stereocenters. The summed E-state index contributed by atoms with van der Waals surface area (Å²) in [6, 6.07) is 7.55. The molecule has 1 aromatic heterocycles. The molecule has 21 heavy (non-hydrogen) atoms. The zero-order valence-corrected chi connectivity index (χ0v) is 11.7. The van der Waals surface area contributed by atoms with Crippen molar-refractivity contribution in [3.05, 3.63) is 47.8 Å². The highest BCUT2D eigenvalue weighted by molar-refractivity contribution is 5.98. The molecule has 0 aliphatic carbocycles. The van der Waals surface area contributed by atoms with E-state index >= 15 is 0 Å². The van der Waals surface area contributed by atoms with Gasteiger partial charge >= 0.3 is 0 Å². The highest BCUT2D eigenvalue weighted by Crippen LogP contribution is 2.22. The van der Waals surface area contributed by atoms with Crippen LogP contribution in [-0.2, 0) is 18.4 Å². The van der Waals surface area contributed by atoms with Gasteiger partial charge in [0.15, 0.2) is 0 Å². The molecule has 1 aromatic carbocycles. The SMILES string of the molecule is Cn1cc(NC(=O)CCN2Cc3ccccc3C2=O)cn1. The molecular formula is C15H16N4O2. The lowest BCUT2D eigenvalue weighted by molar-refractivity contribution is -0.116. The molecular weight excluding hydrogens is 268 g/mol. The van der Waals surface area contributed by atoms with Crippen LogP contribution in [-0.4, -0.2) is 33.0 Å². The second-order valence-corrected chi connectivity index (χ2v) is 5.08. The molecule has 3 rings (SSSR count). The predicted molar refractivity (Wildman–Crippen MR) is 77.6 cm³/mol. The second kappa shape index (κ2) is 5.40. The molecule has 2 heterocycles. The molecule has 2 aromatic rings. The van der Waals surface area contributed by atoms with E-state index in [1.807, 2.05) is 24.3 Å². The maximum Gasteiger partial charge on any atom is 0.254 e. The van der Waals surface area contributed by atoms with Gasteiger partial charge in [0.1, 0.15) is 0 Å². The van der Waals surface area contributed by atoms with Gasteiger partial charge in [0, 0.05) is 38.3 Å². The van der Waals surface area contributed by atoms with E-state index in [2.05, 4.69) is 10.4 Å². The number of fused-ring (bicyclic) bond motifs is 1. The van der Waals surface area contributed by atoms with Gasteiger partial charge in [0.2, 0.25) is 5.91 Å². The minimum Gasteiger partial charge on any atom is -0.334 e. The number of nitrogens with one attached hydrogen (secondary N) is 1. The van der Waals surface area contributed by atoms with E-state index < -0.39 is 0 Å². The molecule has 1 N–H and O–H groups in total. The molecule has 0 saturated heterocycles. The molecule has 0 atom stereocenters. The van der Waals surface area contributed by atoms with E-state index in [1.165, 1.54) is 0 Å². The summed E-state index contributed by atoms with van der Waals surface area (Å²) in [4.78, 5) is 25.7. The molecule has 0 spiro atoms. The minimum atomic E-state index is -0.119. The summed E-state index contributed by atoms with van der Waals surface area (Å²) >= 11 is 0. The lowest BCUT2D eigenvalue weighted by atomic mass is 10.1. The molecule has 108 valence electrons. The van der Waals surface area contributed by atoms with Crippen LogP contribution >= 0.6 is 0 Å². The molecule has 0 radical (unpaired) electrons. The van der Waals surface area contributed by atoms with Gasteiger partial charge in [-0.2, -0.15) is 5.10 Å². The summed E-state index contributed by atoms with van der Waals surface area (Å²) in [5.41, 5.74) is 2.43. The summed E-state index contributed by atoms with van der Waals surface area (Å²) in [6.07, 6.45) is 3.60. The molecule has 0 bridgehead atoms. The molecule has 1 aliphatic rings. The van der Waals surface area contributed by atoms with Crippen molar-refractivity contribution >= 4 is 17.5 Å². The fraction of sp³-hybridized carbons (Fsp3) is 0.267. The third kappa shape index (κ3) is 2.79. The van der Waals surface area contributed by atoms with Crippen LogP contribution in [0.3, 0.4) is 0 Å². The third-order valence-corrected chi connectivity index (χ3v) is 3.49. The number of anilines is 1. The number of benzene rings is 1. The average Bonchev–Trinajstić information content (AvgIpc) is 3.01. The summed E-state index contributed by atoms with van der Waals surface area (Å²) in [5.74, 6) is -0.119. The third-order valence-electron chi connectivity index (χ3n) is 3.49. The Kier molecular flexibility index (Phi) is 3.43. The number of aryl methyl sites for hydroxylation is 1. The highest BCUT2D eigenvalue weighted by atomic mass is 16.2. The van der Waals surface area contributed by atoms with Gasteiger partial charge in [-0.1, -0.05) is 18.2 Å². The maximum absolute atomic E-state index is 12.2. The first kappa shape index (κ1) is 13.4. The van der Waals surface area contributed by atoms with Crippen molar-refractivity contribution in [1.82, 2.24) is 14.7 Å². The first-order valence-electron chi connectivity index (χ1n) is 6.79. The largest absolute Gasteiger partial charge is 0.334 e. The Morgan fingerprint density at radius 2 is 2.19 bits per heavy atom. The normalized spacial score (nSPS) is 13.4. The van der Waals surface area contributed by atoms with Gasteiger partial charge in [-0.15, -0.1) is 0 Å². The topological polar surface area (TPSA) is 67.2 Å². The van der Waals surface area contributed by atoms with Crippen molar-refractivity contribution in [1.29, 1.82) is 0 Å². The van der Waals surface area contributed by atoms with E-state index in [4.69, 9.17) is 0 Å². The Hall–Kier alpha value is -2.63. The van der Waals surface area contributed by atoms with Gasteiger partial charge in [0.05, 0.1) is 11.9 Å². The van der Waals surface area contributed by atoms with Crippen LogP contribution in [0.15, 0.2) is 36.7 Å². The minimum absolute atomic E-state index is 0.000206. The Balaban J connectivity index is 1.55. The van der Waals surface area contributed by atoms with Crippen LogP contribution in [0.25, 0.3) is 0 Å². The van der Waals surface area contributed by atoms with Crippen molar-refractivity contribution < 1.29 is 9.59 Å². The Morgan fingerprint density at radius 1 is 1.38 bits per heavy atom. The Labute approximate surface area is 122 Å². The smallest absolute Gasteiger partial charge is 0.254 e. The number of carbonyl (C=O) groups is 2. The first-order valence-corrected chi connectivity index (χ1v) is 6.79. The second-order valence-electron chi connectivity index (χ2n) is 5.08. The van der Waals surface area contributed by atoms with E-state index in [9.17, 15) is 9.59 Å². The number of rotatable bonds is 4. The summed E-state index contributed by atoms with van der Waals surface area (Å²) in [7, 11) is 1.79. The lowest BCUT2D eigenvalue weighted by Gasteiger charge is -2.14. The van der Waals surface area contributed by atoms with Crippen molar-refractivity contribution in [3.63, 3.8) is 0 Å². The first-order chi connectivity index (χ1) is 10.1. The van der Waals surface area contributed by atoms with Crippen LogP contribution in [0.1, 0.15) is 22.3 Å². The van der Waals surface area contributed by atoms with Gasteiger partial charge in [-0.05, 0) is 11.6 Å². The monoisotopic (exact) mass is 284 g/mol. The Bertz CT molecular complexity index is 692. The highest BCUT2D eigenvalue weighted by Gasteiger charge is 2.26. The zero-order chi connectivity index (χ0) is 14.8. The van der Waals surface area contributed by atoms with E-state index in [-0.39, 0.29) is 18.2 Å². The van der Waals surface area contributed by atoms with E-state index in [0.29, 0.717) is 18.8 Å². The molecule has 1 aliphatic heterocycles. The number of carbonyl (C=O) groups excluding carboxylic acids is 2. The van der Waals surface area contributed by atoms with Crippen LogP contribution in [0.5, 0.6) is 0 Å². The van der Waals surface area contributed by atoms with Crippen molar-refractivity contribution in [2.45, 2.75) is 13.0 Å². The number of amides is 2. The van der Waals surface area contributed by atoms with Crippen molar-refractivity contribution in [2.75, 3.05) is 11.9 Å². The van der Waals surface area contributed by atoms with Crippen LogP contribution in [0.2, 0.25) is 0 Å². The summed E-state index contributed by atoms with van der Waals surface area (Å²) in [6.45, 7) is 0.995. The molecule has 6 heteroatoms. The summed E-state index contributed by atoms with van der Waals surface area (Å²) in [5, 5.41) is 6.75.